The molecule has 0 spiro atoms. The van der Waals surface area contributed by atoms with Crippen LogP contribution in [-0.2, 0) is 0 Å². The van der Waals surface area contributed by atoms with Crippen LogP contribution in [0.1, 0.15) is 29.8 Å². The Labute approximate surface area is 115 Å². The molecule has 0 bridgehead atoms. The number of likely N-dealkylation sites (N-methyl/N-ethyl adjacent to an activating group) is 1. The molecule has 0 atom stereocenters. The van der Waals surface area contributed by atoms with E-state index in [1.165, 1.54) is 0 Å². The van der Waals surface area contributed by atoms with E-state index < -0.39 is 0 Å². The molecular weight excluding hydrogens is 244 g/mol. The molecule has 0 unspecified atom stereocenters. The maximum absolute atomic E-state index is 12.1. The summed E-state index contributed by atoms with van der Waals surface area (Å²) < 4.78 is 0. The summed E-state index contributed by atoms with van der Waals surface area (Å²) >= 11 is 4.27. The molecule has 1 aromatic carbocycles. The topological polar surface area (TPSA) is 32.3 Å². The largest absolute Gasteiger partial charge is 0.350 e. The molecular formula is C14H22N2OS. The highest BCUT2D eigenvalue weighted by molar-refractivity contribution is 7.80. The minimum absolute atomic E-state index is 0.0432. The third-order valence-corrected chi connectivity index (χ3v) is 3.64. The quantitative estimate of drug-likeness (QED) is 0.820. The van der Waals surface area contributed by atoms with Gasteiger partial charge in [0.15, 0.2) is 0 Å². The second-order valence-corrected chi connectivity index (χ2v) is 5.91. The molecule has 4 heteroatoms. The summed E-state index contributed by atoms with van der Waals surface area (Å²) in [5, 5.41) is 2.97. The van der Waals surface area contributed by atoms with Gasteiger partial charge in [-0.1, -0.05) is 6.07 Å². The molecule has 0 saturated heterocycles. The van der Waals surface area contributed by atoms with E-state index in [1.54, 1.807) is 6.07 Å². The van der Waals surface area contributed by atoms with Crippen molar-refractivity contribution in [1.29, 1.82) is 0 Å². The molecule has 1 N–H and O–H groups in total. The Hall–Kier alpha value is -1.00. The van der Waals surface area contributed by atoms with Crippen molar-refractivity contribution in [3.8, 4) is 0 Å². The number of aryl methyl sites for hydroxylation is 1. The molecule has 1 amide bonds. The van der Waals surface area contributed by atoms with Crippen molar-refractivity contribution in [1.82, 2.24) is 10.2 Å². The highest BCUT2D eigenvalue weighted by Gasteiger charge is 2.21. The summed E-state index contributed by atoms with van der Waals surface area (Å²) in [4.78, 5) is 15.0. The number of hydrogen-bond acceptors (Lipinski definition) is 3. The van der Waals surface area contributed by atoms with Crippen LogP contribution in [0.2, 0.25) is 0 Å². The van der Waals surface area contributed by atoms with Crippen LogP contribution in [0.15, 0.2) is 23.1 Å². The van der Waals surface area contributed by atoms with Crippen molar-refractivity contribution in [2.45, 2.75) is 31.2 Å². The number of nitrogens with one attached hydrogen (secondary N) is 1. The van der Waals surface area contributed by atoms with Gasteiger partial charge in [-0.25, -0.2) is 0 Å². The third-order valence-electron chi connectivity index (χ3n) is 3.36. The number of carbonyl (C=O) groups excluding carboxylic acids is 1. The van der Waals surface area contributed by atoms with Gasteiger partial charge < -0.3 is 10.2 Å². The van der Waals surface area contributed by atoms with Gasteiger partial charge in [0.05, 0.1) is 0 Å². The van der Waals surface area contributed by atoms with Crippen molar-refractivity contribution in [2.24, 2.45) is 0 Å². The zero-order chi connectivity index (χ0) is 13.9. The Morgan fingerprint density at radius 2 is 2.00 bits per heavy atom. The number of hydrogen-bond donors (Lipinski definition) is 2. The molecule has 0 heterocycles. The first-order valence-corrected chi connectivity index (χ1v) is 6.44. The van der Waals surface area contributed by atoms with Gasteiger partial charge in [-0.15, -0.1) is 12.6 Å². The lowest BCUT2D eigenvalue weighted by atomic mass is 10.0. The average Bonchev–Trinajstić information content (AvgIpc) is 2.29. The molecule has 0 aliphatic rings. The van der Waals surface area contributed by atoms with Crippen LogP contribution in [0.5, 0.6) is 0 Å². The van der Waals surface area contributed by atoms with Crippen LogP contribution >= 0.6 is 12.6 Å². The van der Waals surface area contributed by atoms with E-state index in [-0.39, 0.29) is 11.4 Å². The lowest BCUT2D eigenvalue weighted by Crippen LogP contribution is -2.48. The fourth-order valence-corrected chi connectivity index (χ4v) is 1.61. The first-order chi connectivity index (χ1) is 8.24. The number of thiol groups is 1. The fraction of sp³-hybridized carbons (Fsp3) is 0.500. The standard InChI is InChI=1S/C14H22N2OS/c1-10-6-7-11(18)8-12(10)13(17)15-9-14(2,3)16(4)5/h6-8,18H,9H2,1-5H3,(H,15,17). The maximum Gasteiger partial charge on any atom is 0.251 e. The van der Waals surface area contributed by atoms with Gasteiger partial charge in [-0.2, -0.15) is 0 Å². The lowest BCUT2D eigenvalue weighted by molar-refractivity contribution is 0.0919. The van der Waals surface area contributed by atoms with Crippen molar-refractivity contribution in [3.05, 3.63) is 29.3 Å². The van der Waals surface area contributed by atoms with Crippen molar-refractivity contribution in [2.75, 3.05) is 20.6 Å². The van der Waals surface area contributed by atoms with E-state index in [0.717, 1.165) is 10.5 Å². The Bertz CT molecular complexity index is 441. The number of nitrogens with zero attached hydrogens (tertiary/aromatic N) is 1. The van der Waals surface area contributed by atoms with Crippen molar-refractivity contribution in [3.63, 3.8) is 0 Å². The smallest absolute Gasteiger partial charge is 0.251 e. The third kappa shape index (κ3) is 3.75. The Balaban J connectivity index is 2.75. The van der Waals surface area contributed by atoms with Crippen LogP contribution in [0.4, 0.5) is 0 Å². The molecule has 1 rings (SSSR count). The zero-order valence-electron chi connectivity index (χ0n) is 11.7. The molecule has 0 aliphatic heterocycles. The number of amides is 1. The maximum atomic E-state index is 12.1. The van der Waals surface area contributed by atoms with Crippen molar-refractivity contribution < 1.29 is 4.79 Å². The molecule has 0 saturated carbocycles. The number of rotatable bonds is 4. The van der Waals surface area contributed by atoms with E-state index in [2.05, 4.69) is 36.7 Å². The van der Waals surface area contributed by atoms with Gasteiger partial charge in [0.25, 0.3) is 5.91 Å². The number of benzene rings is 1. The van der Waals surface area contributed by atoms with Crippen LogP contribution in [0.25, 0.3) is 0 Å². The summed E-state index contributed by atoms with van der Waals surface area (Å²) in [5.41, 5.74) is 1.59. The van der Waals surface area contributed by atoms with E-state index in [0.29, 0.717) is 12.1 Å². The predicted molar refractivity (Wildman–Crippen MR) is 78.5 cm³/mol. The molecule has 0 aromatic heterocycles. The first-order valence-electron chi connectivity index (χ1n) is 5.99. The van der Waals surface area contributed by atoms with E-state index in [1.807, 2.05) is 33.2 Å². The minimum atomic E-state index is -0.0673. The van der Waals surface area contributed by atoms with E-state index in [4.69, 9.17) is 0 Å². The Morgan fingerprint density at radius 1 is 1.39 bits per heavy atom. The molecule has 0 radical (unpaired) electrons. The monoisotopic (exact) mass is 266 g/mol. The van der Waals surface area contributed by atoms with Gasteiger partial charge in [0.1, 0.15) is 0 Å². The van der Waals surface area contributed by atoms with Crippen LogP contribution in [-0.4, -0.2) is 37.0 Å². The average molecular weight is 266 g/mol. The van der Waals surface area contributed by atoms with Gasteiger partial charge in [-0.3, -0.25) is 4.79 Å². The van der Waals surface area contributed by atoms with E-state index >= 15 is 0 Å². The normalized spacial score (nSPS) is 11.7. The highest BCUT2D eigenvalue weighted by atomic mass is 32.1. The van der Waals surface area contributed by atoms with Crippen LogP contribution in [0.3, 0.4) is 0 Å². The zero-order valence-corrected chi connectivity index (χ0v) is 12.6. The van der Waals surface area contributed by atoms with Gasteiger partial charge in [0.2, 0.25) is 0 Å². The number of carbonyl (C=O) groups is 1. The molecule has 18 heavy (non-hydrogen) atoms. The highest BCUT2D eigenvalue weighted by Crippen LogP contribution is 2.14. The second kappa shape index (κ2) is 5.76. The van der Waals surface area contributed by atoms with Gasteiger partial charge in [-0.05, 0) is 52.6 Å². The minimum Gasteiger partial charge on any atom is -0.350 e. The molecule has 0 fully saturated rings. The summed E-state index contributed by atoms with van der Waals surface area (Å²) in [6, 6.07) is 5.60. The Kier molecular flexibility index (Phi) is 4.82. The second-order valence-electron chi connectivity index (χ2n) is 5.39. The lowest BCUT2D eigenvalue weighted by Gasteiger charge is -2.32. The molecule has 100 valence electrons. The first kappa shape index (κ1) is 15.1. The molecule has 1 aromatic rings. The summed E-state index contributed by atoms with van der Waals surface area (Å²) in [6.45, 7) is 6.72. The van der Waals surface area contributed by atoms with Gasteiger partial charge >= 0.3 is 0 Å². The molecule has 0 aliphatic carbocycles. The summed E-state index contributed by atoms with van der Waals surface area (Å²) in [5.74, 6) is -0.0432. The van der Waals surface area contributed by atoms with Gasteiger partial charge in [0, 0.05) is 22.5 Å². The SMILES string of the molecule is Cc1ccc(S)cc1C(=O)NCC(C)(C)N(C)C. The van der Waals surface area contributed by atoms with Crippen LogP contribution < -0.4 is 5.32 Å². The fourth-order valence-electron chi connectivity index (χ4n) is 1.40. The summed E-state index contributed by atoms with van der Waals surface area (Å²) in [7, 11) is 4.01. The molecule has 3 nitrogen and oxygen atoms in total. The predicted octanol–water partition coefficient (Wildman–Crippen LogP) is 2.35. The van der Waals surface area contributed by atoms with Crippen LogP contribution in [0, 0.1) is 6.92 Å². The van der Waals surface area contributed by atoms with E-state index in [9.17, 15) is 4.79 Å². The summed E-state index contributed by atoms with van der Waals surface area (Å²) in [6.07, 6.45) is 0. The Morgan fingerprint density at radius 3 is 2.56 bits per heavy atom. The van der Waals surface area contributed by atoms with Crippen molar-refractivity contribution >= 4 is 18.5 Å².